The van der Waals surface area contributed by atoms with Gasteiger partial charge in [0.1, 0.15) is 0 Å². The number of benzene rings is 6. The van der Waals surface area contributed by atoms with E-state index in [0.717, 1.165) is 11.8 Å². The maximum absolute atomic E-state index is 2.58. The highest BCUT2D eigenvalue weighted by Crippen LogP contribution is 2.67. The van der Waals surface area contributed by atoms with Crippen molar-refractivity contribution < 1.29 is 0 Å². The Labute approximate surface area is 278 Å². The molecule has 2 fully saturated rings. The monoisotopic (exact) mass is 605 g/mol. The predicted octanol–water partition coefficient (Wildman–Crippen LogP) is 12.2. The second-order valence-corrected chi connectivity index (χ2v) is 14.9. The standard InChI is InChI=1S/C46H39N/c1-45(2)38-18-9-6-16-35(38)37-28-33(25-26-39(37)45)47(42-21-11-8-15-34(42)31-13-4-3-5-14-31)43-22-12-20-41-44(43)36-17-7-10-19-40(36)46(41)29-30-23-24-32(46)27-30/h3-22,25-26,28,30,32H,23-24,27,29H2,1-2H3. The lowest BCUT2D eigenvalue weighted by molar-refractivity contribution is 0.327. The molecular formula is C46H39N. The van der Waals surface area contributed by atoms with Crippen molar-refractivity contribution in [3.05, 3.63) is 162 Å². The van der Waals surface area contributed by atoms with Crippen LogP contribution >= 0.6 is 0 Å². The number of hydrogen-bond acceptors (Lipinski definition) is 1. The van der Waals surface area contributed by atoms with E-state index >= 15 is 0 Å². The molecule has 47 heavy (non-hydrogen) atoms. The van der Waals surface area contributed by atoms with Crippen molar-refractivity contribution in [3.8, 4) is 33.4 Å². The number of anilines is 3. The largest absolute Gasteiger partial charge is 0.309 e. The first-order valence-corrected chi connectivity index (χ1v) is 17.5. The van der Waals surface area contributed by atoms with Crippen LogP contribution in [0, 0.1) is 11.8 Å². The summed E-state index contributed by atoms with van der Waals surface area (Å²) in [6.45, 7) is 4.74. The zero-order chi connectivity index (χ0) is 31.3. The van der Waals surface area contributed by atoms with Crippen molar-refractivity contribution in [2.24, 2.45) is 11.8 Å². The lowest BCUT2D eigenvalue weighted by Gasteiger charge is -2.37. The molecule has 0 radical (unpaired) electrons. The Kier molecular flexibility index (Phi) is 5.69. The van der Waals surface area contributed by atoms with Crippen LogP contribution in [0.4, 0.5) is 17.1 Å². The van der Waals surface area contributed by atoms with E-state index in [9.17, 15) is 0 Å². The molecular weight excluding hydrogens is 567 g/mol. The zero-order valence-corrected chi connectivity index (χ0v) is 27.2. The van der Waals surface area contributed by atoms with Gasteiger partial charge in [0.25, 0.3) is 0 Å². The maximum atomic E-state index is 2.58. The molecule has 0 saturated heterocycles. The molecule has 2 saturated carbocycles. The third-order valence-corrected chi connectivity index (χ3v) is 12.3. The van der Waals surface area contributed by atoms with Gasteiger partial charge in [0, 0.05) is 27.6 Å². The van der Waals surface area contributed by atoms with Gasteiger partial charge in [-0.15, -0.1) is 0 Å². The minimum Gasteiger partial charge on any atom is -0.309 e. The molecule has 3 atom stereocenters. The van der Waals surface area contributed by atoms with E-state index in [1.54, 1.807) is 11.1 Å². The quantitative estimate of drug-likeness (QED) is 0.193. The molecule has 0 aliphatic heterocycles. The Balaban J connectivity index is 1.26. The summed E-state index contributed by atoms with van der Waals surface area (Å²) in [7, 11) is 0. The number of nitrogens with zero attached hydrogens (tertiary/aromatic N) is 1. The van der Waals surface area contributed by atoms with E-state index in [1.807, 2.05) is 0 Å². The number of para-hydroxylation sites is 1. The Bertz CT molecular complexity index is 2210. The smallest absolute Gasteiger partial charge is 0.0543 e. The van der Waals surface area contributed by atoms with Gasteiger partial charge in [-0.05, 0) is 99.9 Å². The highest BCUT2D eigenvalue weighted by molar-refractivity contribution is 5.99. The Morgan fingerprint density at radius 2 is 1.19 bits per heavy atom. The van der Waals surface area contributed by atoms with E-state index in [4.69, 9.17) is 0 Å². The van der Waals surface area contributed by atoms with Crippen molar-refractivity contribution >= 4 is 17.1 Å². The van der Waals surface area contributed by atoms with Gasteiger partial charge in [0.15, 0.2) is 0 Å². The molecule has 6 aromatic carbocycles. The summed E-state index contributed by atoms with van der Waals surface area (Å²) in [5, 5.41) is 0. The second kappa shape index (κ2) is 9.81. The Morgan fingerprint density at radius 1 is 0.532 bits per heavy atom. The zero-order valence-electron chi connectivity index (χ0n) is 27.2. The first-order valence-electron chi connectivity index (χ1n) is 17.5. The molecule has 4 aliphatic carbocycles. The summed E-state index contributed by atoms with van der Waals surface area (Å²) in [5.74, 6) is 1.58. The normalized spacial score (nSPS) is 22.2. The van der Waals surface area contributed by atoms with Gasteiger partial charge >= 0.3 is 0 Å². The van der Waals surface area contributed by atoms with Crippen molar-refractivity contribution in [2.75, 3.05) is 4.90 Å². The van der Waals surface area contributed by atoms with Crippen molar-refractivity contribution in [1.29, 1.82) is 0 Å². The van der Waals surface area contributed by atoms with Crippen LogP contribution in [-0.4, -0.2) is 0 Å². The summed E-state index contributed by atoms with van der Waals surface area (Å²) in [4.78, 5) is 2.58. The molecule has 0 amide bonds. The van der Waals surface area contributed by atoms with Gasteiger partial charge in [0.05, 0.1) is 11.4 Å². The predicted molar refractivity (Wildman–Crippen MR) is 196 cm³/mol. The van der Waals surface area contributed by atoms with Crippen molar-refractivity contribution in [1.82, 2.24) is 0 Å². The van der Waals surface area contributed by atoms with Crippen LogP contribution in [-0.2, 0) is 10.8 Å². The molecule has 228 valence electrons. The van der Waals surface area contributed by atoms with Gasteiger partial charge < -0.3 is 4.90 Å². The average Bonchev–Trinajstić information content (AvgIpc) is 3.86. The molecule has 1 spiro atoms. The van der Waals surface area contributed by atoms with Crippen LogP contribution < -0.4 is 4.90 Å². The highest BCUT2D eigenvalue weighted by atomic mass is 15.1. The van der Waals surface area contributed by atoms with Crippen LogP contribution in [0.15, 0.2) is 140 Å². The molecule has 3 unspecified atom stereocenters. The molecule has 0 aromatic heterocycles. The molecule has 2 bridgehead atoms. The number of hydrogen-bond donors (Lipinski definition) is 0. The van der Waals surface area contributed by atoms with Crippen LogP contribution in [0.5, 0.6) is 0 Å². The molecule has 0 heterocycles. The van der Waals surface area contributed by atoms with Crippen LogP contribution in [0.1, 0.15) is 61.8 Å². The Hall–Kier alpha value is -4.88. The first kappa shape index (κ1) is 27.3. The fraction of sp³-hybridized carbons (Fsp3) is 0.217. The average molecular weight is 606 g/mol. The SMILES string of the molecule is CC1(C)c2ccccc2-c2cc(N(c3ccccc3-c3ccccc3)c3cccc4c3-c3ccccc3C43CC4CCC3C4)ccc21. The summed E-state index contributed by atoms with van der Waals surface area (Å²) in [5.41, 5.74) is 17.8. The topological polar surface area (TPSA) is 3.24 Å². The fourth-order valence-electron chi connectivity index (χ4n) is 10.4. The lowest BCUT2D eigenvalue weighted by atomic mass is 9.67. The summed E-state index contributed by atoms with van der Waals surface area (Å²) in [6.07, 6.45) is 5.41. The van der Waals surface area contributed by atoms with E-state index < -0.39 is 0 Å². The third-order valence-electron chi connectivity index (χ3n) is 12.3. The highest BCUT2D eigenvalue weighted by Gasteiger charge is 2.57. The van der Waals surface area contributed by atoms with Gasteiger partial charge in [-0.1, -0.05) is 136 Å². The molecule has 4 aliphatic rings. The first-order chi connectivity index (χ1) is 23.1. The van der Waals surface area contributed by atoms with Gasteiger partial charge in [0.2, 0.25) is 0 Å². The van der Waals surface area contributed by atoms with E-state index in [0.29, 0.717) is 0 Å². The molecule has 1 nitrogen and oxygen atoms in total. The Morgan fingerprint density at radius 3 is 1.98 bits per heavy atom. The minimum absolute atomic E-state index is 0.0294. The molecule has 6 aromatic rings. The minimum atomic E-state index is -0.0294. The third kappa shape index (κ3) is 3.66. The van der Waals surface area contributed by atoms with Crippen molar-refractivity contribution in [3.63, 3.8) is 0 Å². The second-order valence-electron chi connectivity index (χ2n) is 14.9. The molecule has 1 heteroatoms. The fourth-order valence-corrected chi connectivity index (χ4v) is 10.4. The van der Waals surface area contributed by atoms with Crippen molar-refractivity contribution in [2.45, 2.75) is 50.4 Å². The van der Waals surface area contributed by atoms with Crippen LogP contribution in [0.2, 0.25) is 0 Å². The van der Waals surface area contributed by atoms with Gasteiger partial charge in [-0.2, -0.15) is 0 Å². The summed E-state index contributed by atoms with van der Waals surface area (Å²) >= 11 is 0. The van der Waals surface area contributed by atoms with Crippen LogP contribution in [0.3, 0.4) is 0 Å². The van der Waals surface area contributed by atoms with Crippen LogP contribution in [0.25, 0.3) is 33.4 Å². The lowest BCUT2D eigenvalue weighted by Crippen LogP contribution is -2.31. The number of fused-ring (bicyclic) bond motifs is 11. The molecule has 0 N–H and O–H groups in total. The van der Waals surface area contributed by atoms with Gasteiger partial charge in [-0.3, -0.25) is 0 Å². The molecule has 10 rings (SSSR count). The number of rotatable bonds is 4. The van der Waals surface area contributed by atoms with Gasteiger partial charge in [-0.25, -0.2) is 0 Å². The maximum Gasteiger partial charge on any atom is 0.0543 e. The summed E-state index contributed by atoms with van der Waals surface area (Å²) in [6, 6.07) is 52.7. The van der Waals surface area contributed by atoms with E-state index in [1.165, 1.54) is 87.3 Å². The summed E-state index contributed by atoms with van der Waals surface area (Å²) < 4.78 is 0. The van der Waals surface area contributed by atoms with E-state index in [2.05, 4.69) is 158 Å². The van der Waals surface area contributed by atoms with E-state index in [-0.39, 0.29) is 10.8 Å².